The Balaban J connectivity index is 3.33. The van der Waals surface area contributed by atoms with Crippen molar-refractivity contribution < 1.29 is 19.5 Å². The summed E-state index contributed by atoms with van der Waals surface area (Å²) in [6, 6.07) is 2.21. The van der Waals surface area contributed by atoms with Crippen LogP contribution in [-0.2, 0) is 0 Å². The van der Waals surface area contributed by atoms with Crippen molar-refractivity contribution in [1.82, 2.24) is 0 Å². The van der Waals surface area contributed by atoms with Gasteiger partial charge in [-0.2, -0.15) is 0 Å². The fourth-order valence-electron chi connectivity index (χ4n) is 0.802. The van der Waals surface area contributed by atoms with Crippen LogP contribution in [-0.4, -0.2) is 22.3 Å². The number of halogens is 2. The highest BCUT2D eigenvalue weighted by atomic mass is 35.5. The first-order valence-corrected chi connectivity index (χ1v) is 3.45. The molecule has 0 radical (unpaired) electrons. The van der Waals surface area contributed by atoms with Gasteiger partial charge in [-0.3, -0.25) is 0 Å². The van der Waals surface area contributed by atoms with Crippen LogP contribution in [0, 0.1) is 5.82 Å². The third-order valence-corrected chi connectivity index (χ3v) is 1.66. The van der Waals surface area contributed by atoms with E-state index in [1.807, 2.05) is 0 Å². The lowest BCUT2D eigenvalue weighted by Gasteiger charge is -2.04. The zero-order valence-corrected chi connectivity index (χ0v) is 6.59. The monoisotopic (exact) mass is 190 g/mol. The Bertz CT molecular complexity index is 305. The molecule has 3 nitrogen and oxygen atoms in total. The SMILES string of the molecule is OB(O)c1c(O)ccc(Cl)c1F. The van der Waals surface area contributed by atoms with Crippen molar-refractivity contribution >= 4 is 24.2 Å². The van der Waals surface area contributed by atoms with Crippen LogP contribution in [0.4, 0.5) is 4.39 Å². The van der Waals surface area contributed by atoms with E-state index in [4.69, 9.17) is 26.8 Å². The van der Waals surface area contributed by atoms with Gasteiger partial charge in [0.2, 0.25) is 0 Å². The van der Waals surface area contributed by atoms with Crippen LogP contribution in [0.1, 0.15) is 0 Å². The molecular weight excluding hydrogens is 185 g/mol. The van der Waals surface area contributed by atoms with E-state index in [1.54, 1.807) is 0 Å². The fourth-order valence-corrected chi connectivity index (χ4v) is 0.967. The molecule has 1 aromatic carbocycles. The molecule has 0 spiro atoms. The Morgan fingerprint density at radius 2 is 1.92 bits per heavy atom. The van der Waals surface area contributed by atoms with E-state index in [1.165, 1.54) is 0 Å². The van der Waals surface area contributed by atoms with Gasteiger partial charge in [0.25, 0.3) is 0 Å². The predicted octanol–water partition coefficient (Wildman–Crippen LogP) is -0.136. The van der Waals surface area contributed by atoms with Gasteiger partial charge in [0.05, 0.1) is 10.5 Å². The smallest absolute Gasteiger partial charge is 0.495 e. The van der Waals surface area contributed by atoms with E-state index in [2.05, 4.69) is 0 Å². The van der Waals surface area contributed by atoms with Gasteiger partial charge in [-0.15, -0.1) is 0 Å². The molecule has 0 unspecified atom stereocenters. The van der Waals surface area contributed by atoms with Crippen molar-refractivity contribution in [2.75, 3.05) is 0 Å². The largest absolute Gasteiger partial charge is 0.508 e. The molecule has 1 rings (SSSR count). The summed E-state index contributed by atoms with van der Waals surface area (Å²) in [6.45, 7) is 0. The number of aromatic hydroxyl groups is 1. The van der Waals surface area contributed by atoms with E-state index < -0.39 is 24.1 Å². The molecule has 0 aromatic heterocycles. The predicted molar refractivity (Wildman–Crippen MR) is 42.9 cm³/mol. The Kier molecular flexibility index (Phi) is 2.57. The van der Waals surface area contributed by atoms with Crippen LogP contribution < -0.4 is 5.46 Å². The molecule has 12 heavy (non-hydrogen) atoms. The standard InChI is InChI=1S/C6H5BClFO3/c8-3-1-2-4(10)5(6(3)9)7(11)12/h1-2,10-12H. The molecule has 64 valence electrons. The summed E-state index contributed by atoms with van der Waals surface area (Å²) in [5, 5.41) is 25.9. The second-order valence-corrected chi connectivity index (χ2v) is 2.58. The first-order chi connectivity index (χ1) is 5.54. The van der Waals surface area contributed by atoms with E-state index in [9.17, 15) is 4.39 Å². The van der Waals surface area contributed by atoms with Gasteiger partial charge in [0, 0.05) is 0 Å². The summed E-state index contributed by atoms with van der Waals surface area (Å²) >= 11 is 5.32. The molecule has 0 atom stereocenters. The molecular formula is C6H5BClFO3. The lowest BCUT2D eigenvalue weighted by molar-refractivity contribution is 0.415. The summed E-state index contributed by atoms with van der Waals surface area (Å²) in [5.74, 6) is -1.56. The number of phenols is 1. The molecule has 0 saturated carbocycles. The minimum Gasteiger partial charge on any atom is -0.508 e. The zero-order valence-electron chi connectivity index (χ0n) is 5.83. The molecule has 3 N–H and O–H groups in total. The highest BCUT2D eigenvalue weighted by molar-refractivity contribution is 6.60. The molecule has 0 saturated heterocycles. The van der Waals surface area contributed by atoms with Crippen molar-refractivity contribution in [3.05, 3.63) is 23.0 Å². The Morgan fingerprint density at radius 3 is 2.33 bits per heavy atom. The summed E-state index contributed by atoms with van der Waals surface area (Å²) in [4.78, 5) is 0. The second-order valence-electron chi connectivity index (χ2n) is 2.17. The summed E-state index contributed by atoms with van der Waals surface area (Å²) in [5.41, 5.74) is -0.609. The molecule has 0 heterocycles. The molecule has 6 heteroatoms. The van der Waals surface area contributed by atoms with E-state index in [0.717, 1.165) is 12.1 Å². The van der Waals surface area contributed by atoms with Crippen LogP contribution >= 0.6 is 11.6 Å². The Hall–Kier alpha value is -0.775. The second kappa shape index (κ2) is 3.31. The summed E-state index contributed by atoms with van der Waals surface area (Å²) < 4.78 is 12.9. The number of phenolic OH excluding ortho intramolecular Hbond substituents is 1. The average Bonchev–Trinajstić information content (AvgIpc) is 1.97. The molecule has 0 fully saturated rings. The third kappa shape index (κ3) is 1.53. The third-order valence-electron chi connectivity index (χ3n) is 1.37. The van der Waals surface area contributed by atoms with Gasteiger partial charge in [-0.1, -0.05) is 11.6 Å². The number of hydrogen-bond acceptors (Lipinski definition) is 3. The van der Waals surface area contributed by atoms with E-state index in [0.29, 0.717) is 0 Å². The van der Waals surface area contributed by atoms with Gasteiger partial charge in [-0.05, 0) is 12.1 Å². The Labute approximate surface area is 73.2 Å². The molecule has 0 aliphatic carbocycles. The van der Waals surface area contributed by atoms with Crippen molar-refractivity contribution in [1.29, 1.82) is 0 Å². The van der Waals surface area contributed by atoms with Gasteiger partial charge in [0.15, 0.2) is 0 Å². The highest BCUT2D eigenvalue weighted by Crippen LogP contribution is 2.17. The number of hydrogen-bond donors (Lipinski definition) is 3. The molecule has 0 aliphatic heterocycles. The van der Waals surface area contributed by atoms with Crippen molar-refractivity contribution in [2.24, 2.45) is 0 Å². The van der Waals surface area contributed by atoms with Crippen molar-refractivity contribution in [3.8, 4) is 5.75 Å². The highest BCUT2D eigenvalue weighted by Gasteiger charge is 2.22. The van der Waals surface area contributed by atoms with Crippen LogP contribution in [0.2, 0.25) is 5.02 Å². The maximum absolute atomic E-state index is 12.9. The summed E-state index contributed by atoms with van der Waals surface area (Å²) in [7, 11) is -2.07. The summed E-state index contributed by atoms with van der Waals surface area (Å²) in [6.07, 6.45) is 0. The number of rotatable bonds is 1. The quantitative estimate of drug-likeness (QED) is 0.540. The van der Waals surface area contributed by atoms with Crippen LogP contribution in [0.15, 0.2) is 12.1 Å². The molecule has 0 bridgehead atoms. The average molecular weight is 190 g/mol. The Morgan fingerprint density at radius 1 is 1.33 bits per heavy atom. The van der Waals surface area contributed by atoms with Gasteiger partial charge >= 0.3 is 7.12 Å². The van der Waals surface area contributed by atoms with Crippen LogP contribution in [0.25, 0.3) is 0 Å². The van der Waals surface area contributed by atoms with Gasteiger partial charge in [0.1, 0.15) is 11.6 Å². The normalized spacial score (nSPS) is 10.0. The maximum atomic E-state index is 12.9. The lowest BCUT2D eigenvalue weighted by atomic mass is 9.79. The van der Waals surface area contributed by atoms with Crippen molar-refractivity contribution in [2.45, 2.75) is 0 Å². The van der Waals surface area contributed by atoms with E-state index in [-0.39, 0.29) is 5.02 Å². The van der Waals surface area contributed by atoms with E-state index >= 15 is 0 Å². The van der Waals surface area contributed by atoms with Gasteiger partial charge < -0.3 is 15.2 Å². The first kappa shape index (κ1) is 9.31. The number of benzene rings is 1. The molecule has 1 aromatic rings. The zero-order chi connectivity index (χ0) is 9.30. The fraction of sp³-hybridized carbons (Fsp3) is 0. The lowest BCUT2D eigenvalue weighted by Crippen LogP contribution is -2.33. The van der Waals surface area contributed by atoms with Crippen LogP contribution in [0.5, 0.6) is 5.75 Å². The topological polar surface area (TPSA) is 60.7 Å². The minimum absolute atomic E-state index is 0.268. The van der Waals surface area contributed by atoms with Gasteiger partial charge in [-0.25, -0.2) is 4.39 Å². The minimum atomic E-state index is -2.07. The molecule has 0 aliphatic rings. The van der Waals surface area contributed by atoms with Crippen LogP contribution in [0.3, 0.4) is 0 Å². The van der Waals surface area contributed by atoms with Crippen molar-refractivity contribution in [3.63, 3.8) is 0 Å². The molecule has 0 amide bonds. The maximum Gasteiger partial charge on any atom is 0.495 e. The first-order valence-electron chi connectivity index (χ1n) is 3.07.